The van der Waals surface area contributed by atoms with Crippen LogP contribution in [0.25, 0.3) is 11.1 Å². The van der Waals surface area contributed by atoms with Crippen LogP contribution in [-0.4, -0.2) is 0 Å². The van der Waals surface area contributed by atoms with Crippen molar-refractivity contribution in [2.24, 2.45) is 5.73 Å². The van der Waals surface area contributed by atoms with Crippen molar-refractivity contribution in [3.8, 4) is 11.1 Å². The molecule has 0 heterocycles. The van der Waals surface area contributed by atoms with Crippen LogP contribution in [0.1, 0.15) is 22.7 Å². The van der Waals surface area contributed by atoms with Gasteiger partial charge in [-0.2, -0.15) is 0 Å². The van der Waals surface area contributed by atoms with E-state index < -0.39 is 0 Å². The van der Waals surface area contributed by atoms with Crippen molar-refractivity contribution in [2.75, 3.05) is 0 Å². The quantitative estimate of drug-likeness (QED) is 0.714. The fourth-order valence-electron chi connectivity index (χ4n) is 2.42. The Labute approximate surface area is 93.7 Å². The number of aryl methyl sites for hydroxylation is 1. The van der Waals surface area contributed by atoms with E-state index in [1.807, 2.05) is 31.2 Å². The normalized spacial score (nSPS) is 17.1. The summed E-state index contributed by atoms with van der Waals surface area (Å²) in [6.45, 7) is 2.02. The number of hydrogen-bond donors (Lipinski definition) is 1. The minimum absolute atomic E-state index is 0.185. The van der Waals surface area contributed by atoms with Gasteiger partial charge in [0.05, 0.1) is 6.04 Å². The lowest BCUT2D eigenvalue weighted by atomic mass is 10.0. The lowest BCUT2D eigenvalue weighted by Crippen LogP contribution is -2.08. The molecule has 2 aromatic carbocycles. The van der Waals surface area contributed by atoms with E-state index in [-0.39, 0.29) is 11.9 Å². The minimum atomic E-state index is -0.194. The van der Waals surface area contributed by atoms with Gasteiger partial charge in [-0.1, -0.05) is 35.9 Å². The molecule has 1 nitrogen and oxygen atoms in total. The summed E-state index contributed by atoms with van der Waals surface area (Å²) in [5, 5.41) is 0. The summed E-state index contributed by atoms with van der Waals surface area (Å²) in [6, 6.07) is 10.9. The Balaban J connectivity index is 2.36. The molecule has 1 unspecified atom stereocenters. The predicted molar refractivity (Wildman–Crippen MR) is 62.6 cm³/mol. The first-order chi connectivity index (χ1) is 7.68. The standard InChI is InChI=1S/C14H12FN/c1-8-5-6-9-11(7-8)14(16)10-3-2-4-12(15)13(9)10/h2-7,14H,16H2,1H3. The molecule has 2 N–H and O–H groups in total. The molecule has 3 rings (SSSR count). The van der Waals surface area contributed by atoms with Gasteiger partial charge in [-0.05, 0) is 29.7 Å². The van der Waals surface area contributed by atoms with Crippen LogP contribution in [0.15, 0.2) is 36.4 Å². The third-order valence-corrected chi connectivity index (χ3v) is 3.19. The molecule has 0 saturated heterocycles. The Kier molecular flexibility index (Phi) is 1.88. The number of hydrogen-bond acceptors (Lipinski definition) is 1. The number of fused-ring (bicyclic) bond motifs is 3. The summed E-state index contributed by atoms with van der Waals surface area (Å²) in [5.74, 6) is -0.185. The zero-order chi connectivity index (χ0) is 11.3. The third-order valence-electron chi connectivity index (χ3n) is 3.19. The molecule has 0 fully saturated rings. The van der Waals surface area contributed by atoms with Crippen LogP contribution in [-0.2, 0) is 0 Å². The summed E-state index contributed by atoms with van der Waals surface area (Å²) < 4.78 is 13.8. The summed E-state index contributed by atoms with van der Waals surface area (Å²) in [7, 11) is 0. The van der Waals surface area contributed by atoms with Gasteiger partial charge in [0.25, 0.3) is 0 Å². The largest absolute Gasteiger partial charge is 0.320 e. The molecule has 0 saturated carbocycles. The maximum Gasteiger partial charge on any atom is 0.131 e. The van der Waals surface area contributed by atoms with Gasteiger partial charge in [0.2, 0.25) is 0 Å². The van der Waals surface area contributed by atoms with Crippen molar-refractivity contribution in [2.45, 2.75) is 13.0 Å². The van der Waals surface area contributed by atoms with E-state index in [9.17, 15) is 4.39 Å². The molecule has 0 spiro atoms. The second-order valence-electron chi connectivity index (χ2n) is 4.27. The van der Waals surface area contributed by atoms with E-state index in [1.54, 1.807) is 6.07 Å². The number of benzene rings is 2. The molecule has 80 valence electrons. The Morgan fingerprint density at radius 1 is 1.12 bits per heavy atom. The lowest BCUT2D eigenvalue weighted by Gasteiger charge is -2.06. The Hall–Kier alpha value is -1.67. The highest BCUT2D eigenvalue weighted by Crippen LogP contribution is 2.43. The highest BCUT2D eigenvalue weighted by Gasteiger charge is 2.27. The number of halogens is 1. The molecule has 0 bridgehead atoms. The third kappa shape index (κ3) is 1.14. The summed E-state index contributed by atoms with van der Waals surface area (Å²) in [5.41, 5.74) is 10.8. The molecule has 2 heteroatoms. The summed E-state index contributed by atoms with van der Waals surface area (Å²) >= 11 is 0. The maximum atomic E-state index is 13.8. The second kappa shape index (κ2) is 3.16. The van der Waals surface area contributed by atoms with Crippen molar-refractivity contribution in [1.82, 2.24) is 0 Å². The molecule has 0 aliphatic heterocycles. The van der Waals surface area contributed by atoms with Gasteiger partial charge < -0.3 is 5.73 Å². The van der Waals surface area contributed by atoms with Crippen LogP contribution in [0.3, 0.4) is 0 Å². The van der Waals surface area contributed by atoms with Crippen LogP contribution in [0, 0.1) is 12.7 Å². The molecule has 1 aliphatic carbocycles. The minimum Gasteiger partial charge on any atom is -0.320 e. The van der Waals surface area contributed by atoms with Crippen molar-refractivity contribution in [3.63, 3.8) is 0 Å². The molecule has 1 aliphatic rings. The SMILES string of the molecule is Cc1ccc2c(c1)C(N)c1cccc(F)c1-2. The van der Waals surface area contributed by atoms with Gasteiger partial charge in [0, 0.05) is 5.56 Å². The van der Waals surface area contributed by atoms with Crippen molar-refractivity contribution < 1.29 is 4.39 Å². The van der Waals surface area contributed by atoms with Gasteiger partial charge in [0.1, 0.15) is 5.82 Å². The highest BCUT2D eigenvalue weighted by atomic mass is 19.1. The highest BCUT2D eigenvalue weighted by molar-refractivity contribution is 5.79. The Bertz CT molecular complexity index is 575. The molecular formula is C14H12FN. The first-order valence-corrected chi connectivity index (χ1v) is 5.33. The zero-order valence-electron chi connectivity index (χ0n) is 9.00. The smallest absolute Gasteiger partial charge is 0.131 e. The Morgan fingerprint density at radius 2 is 1.94 bits per heavy atom. The van der Waals surface area contributed by atoms with Crippen LogP contribution in [0.5, 0.6) is 0 Å². The van der Waals surface area contributed by atoms with Crippen molar-refractivity contribution in [3.05, 3.63) is 58.9 Å². The first kappa shape index (κ1) is 9.55. The van der Waals surface area contributed by atoms with Gasteiger partial charge >= 0.3 is 0 Å². The van der Waals surface area contributed by atoms with E-state index in [2.05, 4.69) is 0 Å². The van der Waals surface area contributed by atoms with E-state index in [4.69, 9.17) is 5.73 Å². The molecule has 0 radical (unpaired) electrons. The van der Waals surface area contributed by atoms with E-state index >= 15 is 0 Å². The molecule has 2 aromatic rings. The zero-order valence-corrected chi connectivity index (χ0v) is 9.00. The van der Waals surface area contributed by atoms with Gasteiger partial charge in [-0.15, -0.1) is 0 Å². The van der Waals surface area contributed by atoms with Gasteiger partial charge in [-0.3, -0.25) is 0 Å². The first-order valence-electron chi connectivity index (χ1n) is 5.33. The molecule has 0 amide bonds. The van der Waals surface area contributed by atoms with Crippen LogP contribution < -0.4 is 5.73 Å². The van der Waals surface area contributed by atoms with Crippen molar-refractivity contribution in [1.29, 1.82) is 0 Å². The predicted octanol–water partition coefficient (Wildman–Crippen LogP) is 3.16. The topological polar surface area (TPSA) is 26.0 Å². The van der Waals surface area contributed by atoms with Gasteiger partial charge in [0.15, 0.2) is 0 Å². The van der Waals surface area contributed by atoms with Gasteiger partial charge in [-0.25, -0.2) is 4.39 Å². The van der Waals surface area contributed by atoms with E-state index in [0.717, 1.165) is 22.3 Å². The average Bonchev–Trinajstić information content (AvgIpc) is 2.55. The van der Waals surface area contributed by atoms with Crippen LogP contribution >= 0.6 is 0 Å². The van der Waals surface area contributed by atoms with Crippen LogP contribution in [0.2, 0.25) is 0 Å². The lowest BCUT2D eigenvalue weighted by molar-refractivity contribution is 0.630. The second-order valence-corrected chi connectivity index (χ2v) is 4.27. The van der Waals surface area contributed by atoms with E-state index in [1.165, 1.54) is 6.07 Å². The van der Waals surface area contributed by atoms with Crippen LogP contribution in [0.4, 0.5) is 4.39 Å². The summed E-state index contributed by atoms with van der Waals surface area (Å²) in [4.78, 5) is 0. The molecule has 1 atom stereocenters. The van der Waals surface area contributed by atoms with Crippen molar-refractivity contribution >= 4 is 0 Å². The fourth-order valence-corrected chi connectivity index (χ4v) is 2.42. The molecule has 16 heavy (non-hydrogen) atoms. The monoisotopic (exact) mass is 213 g/mol. The molecule has 0 aromatic heterocycles. The van der Waals surface area contributed by atoms with E-state index in [0.29, 0.717) is 5.56 Å². The molecular weight excluding hydrogens is 201 g/mol. The Morgan fingerprint density at radius 3 is 2.75 bits per heavy atom. The summed E-state index contributed by atoms with van der Waals surface area (Å²) in [6.07, 6.45) is 0. The maximum absolute atomic E-state index is 13.8. The number of nitrogens with two attached hydrogens (primary N) is 1. The number of rotatable bonds is 0. The fraction of sp³-hybridized carbons (Fsp3) is 0.143. The average molecular weight is 213 g/mol.